The highest BCUT2D eigenvalue weighted by molar-refractivity contribution is 5.90. The first-order valence-corrected chi connectivity index (χ1v) is 9.08. The molecule has 1 aromatic heterocycles. The fourth-order valence-corrected chi connectivity index (χ4v) is 3.37. The summed E-state index contributed by atoms with van der Waals surface area (Å²) < 4.78 is 12.1. The highest BCUT2D eigenvalue weighted by Gasteiger charge is 2.19. The molecule has 2 aliphatic heterocycles. The predicted molar refractivity (Wildman–Crippen MR) is 100 cm³/mol. The van der Waals surface area contributed by atoms with Crippen LogP contribution < -0.4 is 20.5 Å². The highest BCUT2D eigenvalue weighted by Crippen LogP contribution is 2.30. The van der Waals surface area contributed by atoms with Gasteiger partial charge in [0.15, 0.2) is 0 Å². The molecule has 1 saturated heterocycles. The highest BCUT2D eigenvalue weighted by atomic mass is 16.5. The van der Waals surface area contributed by atoms with Crippen LogP contribution in [0.25, 0.3) is 0 Å². The van der Waals surface area contributed by atoms with E-state index in [0.717, 1.165) is 41.2 Å². The number of hydrogen-bond acceptors (Lipinski definition) is 6. The minimum Gasteiger partial charge on any atom is -0.490 e. The molecule has 2 aliphatic rings. The van der Waals surface area contributed by atoms with Crippen molar-refractivity contribution < 1.29 is 14.3 Å². The standard InChI is InChI=1S/C19H22N4O4/c1-13-8-14-9-15(2-3-17(14)27-13)21-18(24)12-23-19(25)10-16(11-20-23)22-4-6-26-7-5-22/h2-3,9-11,13H,4-8,12H2,1H3,(H,21,24)/t13-/m0/s1. The number of anilines is 2. The number of morpholine rings is 1. The predicted octanol–water partition coefficient (Wildman–Crippen LogP) is 1.04. The van der Waals surface area contributed by atoms with Crippen molar-refractivity contribution in [3.8, 4) is 5.75 Å². The van der Waals surface area contributed by atoms with E-state index in [-0.39, 0.29) is 24.1 Å². The van der Waals surface area contributed by atoms with Crippen molar-refractivity contribution in [2.75, 3.05) is 36.5 Å². The van der Waals surface area contributed by atoms with E-state index in [4.69, 9.17) is 9.47 Å². The molecule has 1 N–H and O–H groups in total. The van der Waals surface area contributed by atoms with Gasteiger partial charge in [0.25, 0.3) is 5.56 Å². The quantitative estimate of drug-likeness (QED) is 0.866. The summed E-state index contributed by atoms with van der Waals surface area (Å²) in [4.78, 5) is 26.7. The Bertz CT molecular complexity index is 905. The van der Waals surface area contributed by atoms with Gasteiger partial charge in [-0.2, -0.15) is 5.10 Å². The summed E-state index contributed by atoms with van der Waals surface area (Å²) in [5, 5.41) is 6.96. The second-order valence-corrected chi connectivity index (χ2v) is 6.81. The molecule has 27 heavy (non-hydrogen) atoms. The summed E-state index contributed by atoms with van der Waals surface area (Å²) in [6, 6.07) is 7.08. The zero-order chi connectivity index (χ0) is 18.8. The van der Waals surface area contributed by atoms with Crippen LogP contribution in [0.5, 0.6) is 5.75 Å². The van der Waals surface area contributed by atoms with Crippen molar-refractivity contribution in [1.29, 1.82) is 0 Å². The van der Waals surface area contributed by atoms with Gasteiger partial charge in [0.2, 0.25) is 5.91 Å². The van der Waals surface area contributed by atoms with Gasteiger partial charge in [-0.15, -0.1) is 0 Å². The minimum atomic E-state index is -0.301. The average molecular weight is 370 g/mol. The van der Waals surface area contributed by atoms with Crippen molar-refractivity contribution in [2.24, 2.45) is 0 Å². The molecule has 0 bridgehead atoms. The molecule has 2 aromatic rings. The van der Waals surface area contributed by atoms with Gasteiger partial charge in [-0.1, -0.05) is 0 Å². The first kappa shape index (κ1) is 17.5. The van der Waals surface area contributed by atoms with Gasteiger partial charge in [-0.05, 0) is 30.7 Å². The number of carbonyl (C=O) groups is 1. The fraction of sp³-hybridized carbons (Fsp3) is 0.421. The van der Waals surface area contributed by atoms with E-state index in [2.05, 4.69) is 15.3 Å². The van der Waals surface area contributed by atoms with Crippen LogP contribution in [0.1, 0.15) is 12.5 Å². The van der Waals surface area contributed by atoms with Crippen molar-refractivity contribution in [3.63, 3.8) is 0 Å². The summed E-state index contributed by atoms with van der Waals surface area (Å²) in [6.45, 7) is 4.61. The molecular formula is C19H22N4O4. The van der Waals surface area contributed by atoms with E-state index < -0.39 is 0 Å². The van der Waals surface area contributed by atoms with Crippen LogP contribution in [-0.4, -0.2) is 48.1 Å². The van der Waals surface area contributed by atoms with Gasteiger partial charge < -0.3 is 19.7 Å². The maximum absolute atomic E-state index is 12.3. The van der Waals surface area contributed by atoms with Gasteiger partial charge >= 0.3 is 0 Å². The Balaban J connectivity index is 1.41. The summed E-state index contributed by atoms with van der Waals surface area (Å²) in [5.41, 5.74) is 2.22. The van der Waals surface area contributed by atoms with Gasteiger partial charge in [-0.25, -0.2) is 4.68 Å². The molecule has 0 radical (unpaired) electrons. The van der Waals surface area contributed by atoms with Gasteiger partial charge in [0.05, 0.1) is 25.1 Å². The van der Waals surface area contributed by atoms with E-state index in [0.29, 0.717) is 18.9 Å². The normalized spacial score (nSPS) is 18.7. The summed E-state index contributed by atoms with van der Waals surface area (Å²) in [7, 11) is 0. The fourth-order valence-electron chi connectivity index (χ4n) is 3.37. The van der Waals surface area contributed by atoms with E-state index >= 15 is 0 Å². The molecule has 3 heterocycles. The first-order valence-electron chi connectivity index (χ1n) is 9.08. The molecule has 0 saturated carbocycles. The van der Waals surface area contributed by atoms with Crippen LogP contribution in [-0.2, 0) is 22.5 Å². The SMILES string of the molecule is C[C@H]1Cc2cc(NC(=O)Cn3ncc(N4CCOCC4)cc3=O)ccc2O1. The lowest BCUT2D eigenvalue weighted by atomic mass is 10.1. The number of carbonyl (C=O) groups excluding carboxylic acids is 1. The second kappa shape index (κ2) is 7.40. The lowest BCUT2D eigenvalue weighted by Gasteiger charge is -2.28. The number of rotatable bonds is 4. The zero-order valence-electron chi connectivity index (χ0n) is 15.2. The Morgan fingerprint density at radius 1 is 1.30 bits per heavy atom. The maximum atomic E-state index is 12.3. The van der Waals surface area contributed by atoms with Crippen LogP contribution in [0.3, 0.4) is 0 Å². The number of aromatic nitrogens is 2. The molecule has 1 amide bonds. The third-order valence-corrected chi connectivity index (χ3v) is 4.70. The summed E-state index contributed by atoms with van der Waals surface area (Å²) in [6.07, 6.45) is 2.59. The third kappa shape index (κ3) is 3.95. The molecule has 0 aliphatic carbocycles. The van der Waals surface area contributed by atoms with Crippen molar-refractivity contribution in [3.05, 3.63) is 46.4 Å². The topological polar surface area (TPSA) is 85.7 Å². The van der Waals surface area contributed by atoms with Crippen LogP contribution in [0.2, 0.25) is 0 Å². The number of benzene rings is 1. The van der Waals surface area contributed by atoms with E-state index in [1.807, 2.05) is 19.1 Å². The average Bonchev–Trinajstić information content (AvgIpc) is 3.03. The number of fused-ring (bicyclic) bond motifs is 1. The van der Waals surface area contributed by atoms with Gasteiger partial charge in [-0.3, -0.25) is 9.59 Å². The Morgan fingerprint density at radius 2 is 2.11 bits per heavy atom. The Morgan fingerprint density at radius 3 is 2.89 bits per heavy atom. The Kier molecular flexibility index (Phi) is 4.81. The minimum absolute atomic E-state index is 0.133. The summed E-state index contributed by atoms with van der Waals surface area (Å²) in [5.74, 6) is 0.563. The monoisotopic (exact) mass is 370 g/mol. The maximum Gasteiger partial charge on any atom is 0.269 e. The molecule has 0 spiro atoms. The second-order valence-electron chi connectivity index (χ2n) is 6.81. The molecule has 8 heteroatoms. The van der Waals surface area contributed by atoms with Crippen LogP contribution in [0.15, 0.2) is 35.3 Å². The number of nitrogens with zero attached hydrogens (tertiary/aromatic N) is 3. The smallest absolute Gasteiger partial charge is 0.269 e. The molecule has 4 rings (SSSR count). The Hall–Kier alpha value is -2.87. The van der Waals surface area contributed by atoms with Crippen LogP contribution >= 0.6 is 0 Å². The summed E-state index contributed by atoms with van der Waals surface area (Å²) >= 11 is 0. The first-order chi connectivity index (χ1) is 13.1. The van der Waals surface area contributed by atoms with E-state index in [1.165, 1.54) is 6.07 Å². The van der Waals surface area contributed by atoms with Crippen LogP contribution in [0.4, 0.5) is 11.4 Å². The number of hydrogen-bond donors (Lipinski definition) is 1. The van der Waals surface area contributed by atoms with Gasteiger partial charge in [0, 0.05) is 31.3 Å². The zero-order valence-corrected chi connectivity index (χ0v) is 15.2. The molecule has 1 fully saturated rings. The lowest BCUT2D eigenvalue weighted by molar-refractivity contribution is -0.117. The van der Waals surface area contributed by atoms with Crippen LogP contribution in [0, 0.1) is 0 Å². The van der Waals surface area contributed by atoms with E-state index in [1.54, 1.807) is 12.3 Å². The lowest BCUT2D eigenvalue weighted by Crippen LogP contribution is -2.38. The largest absolute Gasteiger partial charge is 0.490 e. The Labute approximate surface area is 156 Å². The number of nitrogens with one attached hydrogen (secondary N) is 1. The molecule has 1 atom stereocenters. The van der Waals surface area contributed by atoms with Gasteiger partial charge in [0.1, 0.15) is 18.4 Å². The molecule has 1 aromatic carbocycles. The van der Waals surface area contributed by atoms with E-state index in [9.17, 15) is 9.59 Å². The molecule has 8 nitrogen and oxygen atoms in total. The van der Waals surface area contributed by atoms with Crippen molar-refractivity contribution >= 4 is 17.3 Å². The third-order valence-electron chi connectivity index (χ3n) is 4.70. The van der Waals surface area contributed by atoms with Crippen molar-refractivity contribution in [2.45, 2.75) is 26.0 Å². The molecule has 142 valence electrons. The molecular weight excluding hydrogens is 348 g/mol. The number of amides is 1. The molecule has 0 unspecified atom stereocenters. The number of ether oxygens (including phenoxy) is 2. The van der Waals surface area contributed by atoms with Crippen molar-refractivity contribution in [1.82, 2.24) is 9.78 Å².